The van der Waals surface area contributed by atoms with Gasteiger partial charge in [0.15, 0.2) is 0 Å². The zero-order chi connectivity index (χ0) is 13.2. The smallest absolute Gasteiger partial charge is 0.471 e. The van der Waals surface area contributed by atoms with Gasteiger partial charge in [0, 0.05) is 5.69 Å². The summed E-state index contributed by atoms with van der Waals surface area (Å²) in [5.41, 5.74) is 4.37. The number of nitrogens with two attached hydrogens (primary N) is 1. The Balaban J connectivity index is 3.07. The Morgan fingerprint density at radius 2 is 1.88 bits per heavy atom. The monoisotopic (exact) mass is 248 g/mol. The average molecular weight is 248 g/mol. The quantitative estimate of drug-likeness (QED) is 0.691. The van der Waals surface area contributed by atoms with Gasteiger partial charge in [0.25, 0.3) is 0 Å². The molecule has 0 aliphatic rings. The molecule has 5 nitrogen and oxygen atoms in total. The molecule has 8 heteroatoms. The van der Waals surface area contributed by atoms with Crippen LogP contribution in [0.4, 0.5) is 24.5 Å². The number of rotatable bonds is 2. The van der Waals surface area contributed by atoms with Crippen LogP contribution in [-0.2, 0) is 4.79 Å². The molecule has 0 fully saturated rings. The van der Waals surface area contributed by atoms with Crippen molar-refractivity contribution in [3.63, 3.8) is 0 Å². The molecule has 1 rings (SSSR count). The number of carbonyl (C=O) groups is 2. The summed E-state index contributed by atoms with van der Waals surface area (Å²) in [6, 6.07) is 3.12. The molecule has 0 atom stereocenters. The number of anilines is 2. The van der Waals surface area contributed by atoms with Crippen molar-refractivity contribution < 1.29 is 27.9 Å². The number of benzene rings is 1. The molecule has 0 bridgehead atoms. The van der Waals surface area contributed by atoms with Gasteiger partial charge in [-0.2, -0.15) is 13.2 Å². The first kappa shape index (κ1) is 12.8. The van der Waals surface area contributed by atoms with Crippen molar-refractivity contribution in [3.05, 3.63) is 23.8 Å². The third-order valence-electron chi connectivity index (χ3n) is 1.78. The molecule has 0 aromatic heterocycles. The zero-order valence-electron chi connectivity index (χ0n) is 8.21. The van der Waals surface area contributed by atoms with Crippen LogP contribution in [0.3, 0.4) is 0 Å². The summed E-state index contributed by atoms with van der Waals surface area (Å²) >= 11 is 0. The van der Waals surface area contributed by atoms with Crippen molar-refractivity contribution in [1.29, 1.82) is 0 Å². The third-order valence-corrected chi connectivity index (χ3v) is 1.78. The first-order valence-corrected chi connectivity index (χ1v) is 4.23. The summed E-state index contributed by atoms with van der Waals surface area (Å²) in [5.74, 6) is -3.74. The van der Waals surface area contributed by atoms with Gasteiger partial charge in [0.1, 0.15) is 0 Å². The lowest BCUT2D eigenvalue weighted by molar-refractivity contribution is -0.167. The Bertz CT molecular complexity index is 471. The summed E-state index contributed by atoms with van der Waals surface area (Å²) < 4.78 is 35.9. The number of hydrogen-bond acceptors (Lipinski definition) is 3. The molecule has 0 spiro atoms. The normalized spacial score (nSPS) is 11.0. The predicted octanol–water partition coefficient (Wildman–Crippen LogP) is 1.47. The molecule has 92 valence electrons. The second-order valence-corrected chi connectivity index (χ2v) is 3.06. The Kier molecular flexibility index (Phi) is 3.26. The van der Waals surface area contributed by atoms with E-state index in [1.54, 1.807) is 0 Å². The van der Waals surface area contributed by atoms with Crippen LogP contribution in [-0.4, -0.2) is 23.2 Å². The molecule has 0 heterocycles. The number of carboxylic acid groups (broad SMARTS) is 1. The van der Waals surface area contributed by atoms with E-state index >= 15 is 0 Å². The summed E-state index contributed by atoms with van der Waals surface area (Å²) in [5, 5.41) is 10.2. The minimum Gasteiger partial charge on any atom is -0.478 e. The van der Waals surface area contributed by atoms with Crippen molar-refractivity contribution >= 4 is 23.3 Å². The minimum absolute atomic E-state index is 0.0624. The highest BCUT2D eigenvalue weighted by atomic mass is 19.4. The van der Waals surface area contributed by atoms with Gasteiger partial charge in [-0.15, -0.1) is 0 Å². The van der Waals surface area contributed by atoms with E-state index in [4.69, 9.17) is 10.8 Å². The number of nitrogen functional groups attached to an aromatic ring is 1. The number of hydrogen-bond donors (Lipinski definition) is 3. The zero-order valence-corrected chi connectivity index (χ0v) is 8.21. The number of carbonyl (C=O) groups excluding carboxylic acids is 1. The number of carboxylic acids is 1. The van der Waals surface area contributed by atoms with Crippen molar-refractivity contribution in [1.82, 2.24) is 0 Å². The second-order valence-electron chi connectivity index (χ2n) is 3.06. The van der Waals surface area contributed by atoms with E-state index in [0.29, 0.717) is 0 Å². The van der Waals surface area contributed by atoms with Crippen LogP contribution in [0.5, 0.6) is 0 Å². The van der Waals surface area contributed by atoms with Crippen LogP contribution in [0, 0.1) is 0 Å². The fourth-order valence-corrected chi connectivity index (χ4v) is 1.04. The van der Waals surface area contributed by atoms with Gasteiger partial charge in [-0.3, -0.25) is 4.79 Å². The van der Waals surface area contributed by atoms with Crippen molar-refractivity contribution in [2.45, 2.75) is 6.18 Å². The van der Waals surface area contributed by atoms with Crippen LogP contribution >= 0.6 is 0 Å². The van der Waals surface area contributed by atoms with Crippen LogP contribution in [0.1, 0.15) is 10.4 Å². The summed E-state index contributed by atoms with van der Waals surface area (Å²) in [6.07, 6.45) is -5.09. The number of nitrogens with one attached hydrogen (secondary N) is 1. The van der Waals surface area contributed by atoms with Crippen molar-refractivity contribution in [3.8, 4) is 0 Å². The van der Waals surface area contributed by atoms with Crippen LogP contribution in [0.25, 0.3) is 0 Å². The van der Waals surface area contributed by atoms with E-state index < -0.39 is 29.3 Å². The maximum absolute atomic E-state index is 12.0. The van der Waals surface area contributed by atoms with E-state index in [2.05, 4.69) is 0 Å². The Hall–Kier alpha value is -2.25. The van der Waals surface area contributed by atoms with E-state index in [-0.39, 0.29) is 5.69 Å². The van der Waals surface area contributed by atoms with Crippen LogP contribution in [0.2, 0.25) is 0 Å². The molecule has 1 aromatic rings. The van der Waals surface area contributed by atoms with E-state index in [0.717, 1.165) is 12.1 Å². The molecule has 0 radical (unpaired) electrons. The first-order chi connectivity index (χ1) is 7.71. The highest BCUT2D eigenvalue weighted by Crippen LogP contribution is 2.22. The second kappa shape index (κ2) is 4.32. The molecular formula is C9H7F3N2O3. The number of halogens is 3. The van der Waals surface area contributed by atoms with Crippen LogP contribution < -0.4 is 11.1 Å². The molecule has 1 aromatic carbocycles. The topological polar surface area (TPSA) is 92.4 Å². The highest BCUT2D eigenvalue weighted by molar-refractivity contribution is 6.02. The summed E-state index contributed by atoms with van der Waals surface area (Å²) in [4.78, 5) is 21.4. The van der Waals surface area contributed by atoms with Gasteiger partial charge < -0.3 is 16.2 Å². The maximum Gasteiger partial charge on any atom is 0.471 e. The fraction of sp³-hybridized carbons (Fsp3) is 0.111. The molecule has 0 unspecified atom stereocenters. The fourth-order valence-electron chi connectivity index (χ4n) is 1.04. The SMILES string of the molecule is Nc1ccc(NC(=O)C(F)(F)F)c(C(=O)O)c1. The van der Waals surface area contributed by atoms with Gasteiger partial charge >= 0.3 is 18.1 Å². The molecule has 0 aliphatic heterocycles. The Morgan fingerprint density at radius 1 is 1.29 bits per heavy atom. The predicted molar refractivity (Wildman–Crippen MR) is 52.5 cm³/mol. The van der Waals surface area contributed by atoms with Crippen molar-refractivity contribution in [2.75, 3.05) is 11.1 Å². The van der Waals surface area contributed by atoms with Gasteiger partial charge in [-0.25, -0.2) is 4.79 Å². The molecule has 4 N–H and O–H groups in total. The lowest BCUT2D eigenvalue weighted by atomic mass is 10.1. The molecule has 0 saturated heterocycles. The molecule has 1 amide bonds. The van der Waals surface area contributed by atoms with Gasteiger partial charge in [0.2, 0.25) is 0 Å². The van der Waals surface area contributed by atoms with Gasteiger partial charge in [0.05, 0.1) is 11.3 Å². The standard InChI is InChI=1S/C9H7F3N2O3/c10-9(11,12)8(17)14-6-2-1-4(13)3-5(6)7(15)16/h1-3H,13H2,(H,14,17)(H,15,16). The minimum atomic E-state index is -5.09. The van der Waals surface area contributed by atoms with Gasteiger partial charge in [-0.05, 0) is 18.2 Å². The average Bonchev–Trinajstić information content (AvgIpc) is 2.18. The Morgan fingerprint density at radius 3 is 2.35 bits per heavy atom. The largest absolute Gasteiger partial charge is 0.478 e. The first-order valence-electron chi connectivity index (χ1n) is 4.23. The highest BCUT2D eigenvalue weighted by Gasteiger charge is 2.39. The van der Waals surface area contributed by atoms with E-state index in [1.165, 1.54) is 11.4 Å². The summed E-state index contributed by atoms with van der Waals surface area (Å²) in [6.45, 7) is 0. The molecular weight excluding hydrogens is 241 g/mol. The van der Waals surface area contributed by atoms with Crippen molar-refractivity contribution in [2.24, 2.45) is 0 Å². The third kappa shape index (κ3) is 3.10. The number of aromatic carboxylic acids is 1. The lowest BCUT2D eigenvalue weighted by Crippen LogP contribution is -2.30. The number of amides is 1. The lowest BCUT2D eigenvalue weighted by Gasteiger charge is -2.10. The van der Waals surface area contributed by atoms with E-state index in [1.807, 2.05) is 0 Å². The Labute approximate surface area is 93.0 Å². The molecule has 0 aliphatic carbocycles. The molecule has 0 saturated carbocycles. The van der Waals surface area contributed by atoms with E-state index in [9.17, 15) is 22.8 Å². The summed E-state index contributed by atoms with van der Waals surface area (Å²) in [7, 11) is 0. The van der Waals surface area contributed by atoms with Gasteiger partial charge in [-0.1, -0.05) is 0 Å². The molecule has 17 heavy (non-hydrogen) atoms. The maximum atomic E-state index is 12.0. The number of alkyl halides is 3. The van der Waals surface area contributed by atoms with Crippen LogP contribution in [0.15, 0.2) is 18.2 Å².